The maximum absolute atomic E-state index is 13.7. The highest BCUT2D eigenvalue weighted by Crippen LogP contribution is 2.23. The third kappa shape index (κ3) is 3.34. The molecule has 0 aliphatic carbocycles. The van der Waals surface area contributed by atoms with Crippen molar-refractivity contribution in [1.29, 1.82) is 0 Å². The summed E-state index contributed by atoms with van der Waals surface area (Å²) < 4.78 is 26.6. The Labute approximate surface area is 132 Å². The molecule has 4 nitrogen and oxygen atoms in total. The van der Waals surface area contributed by atoms with Gasteiger partial charge in [0.15, 0.2) is 5.82 Å². The number of piperazine rings is 1. The molecule has 1 aliphatic rings. The standard InChI is InChI=1S/C15H15ClF2N4/c16-13-8-19-10-20-15(13)22-5-3-21(4-6-22)9-11-1-2-12(17)7-14(11)18/h1-2,7-8,10H,3-6,9H2. The van der Waals surface area contributed by atoms with E-state index in [1.54, 1.807) is 6.20 Å². The number of rotatable bonds is 3. The van der Waals surface area contributed by atoms with Gasteiger partial charge in [0.25, 0.3) is 0 Å². The van der Waals surface area contributed by atoms with Gasteiger partial charge in [0.2, 0.25) is 0 Å². The average molecular weight is 325 g/mol. The third-order valence-electron chi connectivity index (χ3n) is 3.73. The molecule has 116 valence electrons. The summed E-state index contributed by atoms with van der Waals surface area (Å²) in [4.78, 5) is 12.3. The van der Waals surface area contributed by atoms with E-state index in [9.17, 15) is 8.78 Å². The summed E-state index contributed by atoms with van der Waals surface area (Å²) in [6, 6.07) is 3.71. The first kappa shape index (κ1) is 15.1. The second-order valence-electron chi connectivity index (χ2n) is 5.19. The predicted octanol–water partition coefficient (Wildman–Crippen LogP) is 2.73. The highest BCUT2D eigenvalue weighted by atomic mass is 35.5. The number of aromatic nitrogens is 2. The average Bonchev–Trinajstić information content (AvgIpc) is 2.51. The van der Waals surface area contributed by atoms with E-state index >= 15 is 0 Å². The Hall–Kier alpha value is -1.79. The van der Waals surface area contributed by atoms with Gasteiger partial charge < -0.3 is 4.90 Å². The molecular formula is C15H15ClF2N4. The van der Waals surface area contributed by atoms with Crippen LogP contribution in [0.5, 0.6) is 0 Å². The van der Waals surface area contributed by atoms with Gasteiger partial charge in [0.1, 0.15) is 23.0 Å². The number of benzene rings is 1. The number of halogens is 3. The number of nitrogens with zero attached hydrogens (tertiary/aromatic N) is 4. The van der Waals surface area contributed by atoms with Crippen molar-refractivity contribution in [3.8, 4) is 0 Å². The zero-order valence-electron chi connectivity index (χ0n) is 11.8. The molecule has 1 fully saturated rings. The fourth-order valence-corrected chi connectivity index (χ4v) is 2.77. The molecular weight excluding hydrogens is 310 g/mol. The predicted molar refractivity (Wildman–Crippen MR) is 80.9 cm³/mol. The zero-order chi connectivity index (χ0) is 15.5. The summed E-state index contributed by atoms with van der Waals surface area (Å²) in [7, 11) is 0. The van der Waals surface area contributed by atoms with Crippen LogP contribution < -0.4 is 4.90 Å². The van der Waals surface area contributed by atoms with Crippen LogP contribution in [0.2, 0.25) is 5.02 Å². The van der Waals surface area contributed by atoms with Gasteiger partial charge in [0.05, 0.1) is 6.20 Å². The van der Waals surface area contributed by atoms with E-state index in [1.807, 2.05) is 0 Å². The lowest BCUT2D eigenvalue weighted by atomic mass is 10.2. The minimum absolute atomic E-state index is 0.470. The van der Waals surface area contributed by atoms with Crippen molar-refractivity contribution in [3.05, 3.63) is 52.9 Å². The van der Waals surface area contributed by atoms with Crippen LogP contribution in [0, 0.1) is 11.6 Å². The Bertz CT molecular complexity index is 660. The van der Waals surface area contributed by atoms with Crippen molar-refractivity contribution in [3.63, 3.8) is 0 Å². The lowest BCUT2D eigenvalue weighted by Crippen LogP contribution is -2.46. The minimum atomic E-state index is -0.551. The molecule has 1 aliphatic heterocycles. The van der Waals surface area contributed by atoms with Gasteiger partial charge in [0, 0.05) is 44.4 Å². The smallest absolute Gasteiger partial charge is 0.150 e. The summed E-state index contributed by atoms with van der Waals surface area (Å²) in [6.07, 6.45) is 3.05. The van der Waals surface area contributed by atoms with Crippen LogP contribution in [-0.2, 0) is 6.54 Å². The summed E-state index contributed by atoms with van der Waals surface area (Å²) in [5.41, 5.74) is 0.509. The van der Waals surface area contributed by atoms with Crippen molar-refractivity contribution in [2.45, 2.75) is 6.54 Å². The molecule has 0 atom stereocenters. The van der Waals surface area contributed by atoms with E-state index in [-0.39, 0.29) is 0 Å². The molecule has 0 unspecified atom stereocenters. The second-order valence-corrected chi connectivity index (χ2v) is 5.60. The summed E-state index contributed by atoms with van der Waals surface area (Å²) in [5, 5.41) is 0.528. The SMILES string of the molecule is Fc1ccc(CN2CCN(c3ncncc3Cl)CC2)c(F)c1. The maximum atomic E-state index is 13.7. The molecule has 0 saturated carbocycles. The van der Waals surface area contributed by atoms with Crippen LogP contribution >= 0.6 is 11.6 Å². The van der Waals surface area contributed by atoms with Gasteiger partial charge in [-0.2, -0.15) is 0 Å². The molecule has 1 saturated heterocycles. The summed E-state index contributed by atoms with van der Waals surface area (Å²) >= 11 is 6.09. The fourth-order valence-electron chi connectivity index (χ4n) is 2.55. The second kappa shape index (κ2) is 6.54. The molecule has 0 radical (unpaired) electrons. The fraction of sp³-hybridized carbons (Fsp3) is 0.333. The number of hydrogen-bond acceptors (Lipinski definition) is 4. The van der Waals surface area contributed by atoms with Gasteiger partial charge in [-0.3, -0.25) is 4.90 Å². The van der Waals surface area contributed by atoms with Crippen molar-refractivity contribution in [2.24, 2.45) is 0 Å². The van der Waals surface area contributed by atoms with Crippen LogP contribution in [-0.4, -0.2) is 41.0 Å². The Morgan fingerprint density at radius 3 is 2.59 bits per heavy atom. The molecule has 2 heterocycles. The van der Waals surface area contributed by atoms with Crippen LogP contribution in [0.15, 0.2) is 30.7 Å². The first-order chi connectivity index (χ1) is 10.6. The van der Waals surface area contributed by atoms with Crippen molar-refractivity contribution >= 4 is 17.4 Å². The van der Waals surface area contributed by atoms with Crippen molar-refractivity contribution < 1.29 is 8.78 Å². The number of hydrogen-bond donors (Lipinski definition) is 0. The van der Waals surface area contributed by atoms with Crippen LogP contribution in [0.25, 0.3) is 0 Å². The van der Waals surface area contributed by atoms with Crippen molar-refractivity contribution in [2.75, 3.05) is 31.1 Å². The minimum Gasteiger partial charge on any atom is -0.353 e. The van der Waals surface area contributed by atoms with Gasteiger partial charge in [-0.15, -0.1) is 0 Å². The Kier molecular flexibility index (Phi) is 4.49. The largest absolute Gasteiger partial charge is 0.353 e. The molecule has 7 heteroatoms. The quantitative estimate of drug-likeness (QED) is 0.869. The zero-order valence-corrected chi connectivity index (χ0v) is 12.6. The number of anilines is 1. The molecule has 0 bridgehead atoms. The Balaban J connectivity index is 1.61. The first-order valence-corrected chi connectivity index (χ1v) is 7.38. The Morgan fingerprint density at radius 1 is 1.14 bits per heavy atom. The molecule has 0 spiro atoms. The lowest BCUT2D eigenvalue weighted by Gasteiger charge is -2.35. The third-order valence-corrected chi connectivity index (χ3v) is 4.00. The highest BCUT2D eigenvalue weighted by Gasteiger charge is 2.20. The molecule has 1 aromatic heterocycles. The van der Waals surface area contributed by atoms with Crippen LogP contribution in [0.4, 0.5) is 14.6 Å². The summed E-state index contributed by atoms with van der Waals surface area (Å²) in [5.74, 6) is -0.324. The van der Waals surface area contributed by atoms with Gasteiger partial charge >= 0.3 is 0 Å². The molecule has 3 rings (SSSR count). The molecule has 0 amide bonds. The molecule has 2 aromatic rings. The van der Waals surface area contributed by atoms with Gasteiger partial charge in [-0.05, 0) is 6.07 Å². The maximum Gasteiger partial charge on any atom is 0.150 e. The van der Waals surface area contributed by atoms with Gasteiger partial charge in [-0.25, -0.2) is 18.7 Å². The van der Waals surface area contributed by atoms with Crippen LogP contribution in [0.1, 0.15) is 5.56 Å². The van der Waals surface area contributed by atoms with E-state index in [1.165, 1.54) is 18.5 Å². The Morgan fingerprint density at radius 2 is 1.91 bits per heavy atom. The topological polar surface area (TPSA) is 32.3 Å². The van der Waals surface area contributed by atoms with Crippen LogP contribution in [0.3, 0.4) is 0 Å². The van der Waals surface area contributed by atoms with Gasteiger partial charge in [-0.1, -0.05) is 17.7 Å². The molecule has 22 heavy (non-hydrogen) atoms. The van der Waals surface area contributed by atoms with E-state index in [2.05, 4.69) is 19.8 Å². The monoisotopic (exact) mass is 324 g/mol. The molecule has 1 aromatic carbocycles. The lowest BCUT2D eigenvalue weighted by molar-refractivity contribution is 0.246. The normalized spacial score (nSPS) is 16.0. The van der Waals surface area contributed by atoms with E-state index in [0.29, 0.717) is 17.1 Å². The first-order valence-electron chi connectivity index (χ1n) is 7.00. The van der Waals surface area contributed by atoms with E-state index in [4.69, 9.17) is 11.6 Å². The van der Waals surface area contributed by atoms with E-state index in [0.717, 1.165) is 38.1 Å². The summed E-state index contributed by atoms with van der Waals surface area (Å²) in [6.45, 7) is 3.49. The van der Waals surface area contributed by atoms with E-state index < -0.39 is 11.6 Å². The highest BCUT2D eigenvalue weighted by molar-refractivity contribution is 6.32. The van der Waals surface area contributed by atoms with Crippen molar-refractivity contribution in [1.82, 2.24) is 14.9 Å². The molecule has 0 N–H and O–H groups in total.